The number of hydrogen-bond donors (Lipinski definition) is 1. The van der Waals surface area contributed by atoms with Gasteiger partial charge < -0.3 is 10.1 Å². The van der Waals surface area contributed by atoms with E-state index in [4.69, 9.17) is 4.74 Å². The topological polar surface area (TPSA) is 37.4 Å². The van der Waals surface area contributed by atoms with Crippen LogP contribution in [-0.2, 0) is 11.3 Å². The van der Waals surface area contributed by atoms with Crippen LogP contribution in [0.3, 0.4) is 0 Å². The van der Waals surface area contributed by atoms with Crippen LogP contribution in [0.1, 0.15) is 31.7 Å². The van der Waals surface area contributed by atoms with Gasteiger partial charge in [0.2, 0.25) is 0 Å². The lowest BCUT2D eigenvalue weighted by Crippen LogP contribution is -2.39. The van der Waals surface area contributed by atoms with Crippen LogP contribution in [0.15, 0.2) is 18.3 Å². The second kappa shape index (κ2) is 7.46. The van der Waals surface area contributed by atoms with E-state index in [1.165, 1.54) is 24.9 Å². The van der Waals surface area contributed by atoms with E-state index in [0.29, 0.717) is 6.10 Å². The van der Waals surface area contributed by atoms with E-state index in [1.54, 1.807) is 0 Å². The summed E-state index contributed by atoms with van der Waals surface area (Å²) in [5, 5.41) is 3.04. The number of likely N-dealkylation sites (tertiary alicyclic amines) is 1. The summed E-state index contributed by atoms with van der Waals surface area (Å²) in [6, 6.07) is 4.18. The first-order valence-corrected chi connectivity index (χ1v) is 7.28. The van der Waals surface area contributed by atoms with Gasteiger partial charge in [-0.15, -0.1) is 0 Å². The Morgan fingerprint density at radius 1 is 1.47 bits per heavy atom. The standard InChI is InChI=1S/C15H25N3O/c1-3-9-19-14-5-4-8-18(12-14)11-13-6-7-15(16-2)17-10-13/h6-7,10,14H,3-5,8-9,11-12H2,1-2H3,(H,16,17). The van der Waals surface area contributed by atoms with Crippen molar-refractivity contribution in [3.63, 3.8) is 0 Å². The number of hydrogen-bond acceptors (Lipinski definition) is 4. The van der Waals surface area contributed by atoms with Gasteiger partial charge in [-0.25, -0.2) is 4.98 Å². The zero-order valence-corrected chi connectivity index (χ0v) is 12.1. The number of nitrogens with zero attached hydrogens (tertiary/aromatic N) is 2. The molecule has 1 aromatic rings. The SMILES string of the molecule is CCCOC1CCCN(Cc2ccc(NC)nc2)C1. The summed E-state index contributed by atoms with van der Waals surface area (Å²) in [7, 11) is 1.89. The molecule has 1 atom stereocenters. The van der Waals surface area contributed by atoms with E-state index in [9.17, 15) is 0 Å². The van der Waals surface area contributed by atoms with Crippen LogP contribution in [0, 0.1) is 0 Å². The van der Waals surface area contributed by atoms with Crippen molar-refractivity contribution in [2.24, 2.45) is 0 Å². The number of piperidine rings is 1. The van der Waals surface area contributed by atoms with Crippen LogP contribution >= 0.6 is 0 Å². The molecule has 2 rings (SSSR count). The number of ether oxygens (including phenoxy) is 1. The maximum absolute atomic E-state index is 5.87. The molecule has 0 spiro atoms. The molecular weight excluding hydrogens is 238 g/mol. The molecule has 1 fully saturated rings. The van der Waals surface area contributed by atoms with Crippen LogP contribution in [0.2, 0.25) is 0 Å². The molecule has 0 bridgehead atoms. The van der Waals surface area contributed by atoms with Gasteiger partial charge in [0.05, 0.1) is 6.10 Å². The third-order valence-electron chi connectivity index (χ3n) is 3.51. The predicted octanol–water partition coefficient (Wildman–Crippen LogP) is 2.51. The van der Waals surface area contributed by atoms with Crippen LogP contribution in [-0.4, -0.2) is 42.7 Å². The maximum atomic E-state index is 5.87. The average Bonchev–Trinajstić information content (AvgIpc) is 2.46. The molecule has 0 radical (unpaired) electrons. The van der Waals surface area contributed by atoms with E-state index < -0.39 is 0 Å². The van der Waals surface area contributed by atoms with Crippen molar-refractivity contribution in [1.29, 1.82) is 0 Å². The van der Waals surface area contributed by atoms with Gasteiger partial charge >= 0.3 is 0 Å². The van der Waals surface area contributed by atoms with Crippen molar-refractivity contribution < 1.29 is 4.74 Å². The molecule has 0 aromatic carbocycles. The Morgan fingerprint density at radius 2 is 2.37 bits per heavy atom. The van der Waals surface area contributed by atoms with Gasteiger partial charge in [0.15, 0.2) is 0 Å². The van der Waals surface area contributed by atoms with E-state index >= 15 is 0 Å². The van der Waals surface area contributed by atoms with Crippen molar-refractivity contribution in [1.82, 2.24) is 9.88 Å². The maximum Gasteiger partial charge on any atom is 0.125 e. The van der Waals surface area contributed by atoms with Crippen LogP contribution in [0.4, 0.5) is 5.82 Å². The lowest BCUT2D eigenvalue weighted by atomic mass is 10.1. The lowest BCUT2D eigenvalue weighted by Gasteiger charge is -2.32. The quantitative estimate of drug-likeness (QED) is 0.856. The Hall–Kier alpha value is -1.13. The van der Waals surface area contributed by atoms with Gasteiger partial charge in [0.25, 0.3) is 0 Å². The molecular formula is C15H25N3O. The average molecular weight is 263 g/mol. The second-order valence-electron chi connectivity index (χ2n) is 5.17. The molecule has 0 aliphatic carbocycles. The van der Waals surface area contributed by atoms with Crippen LogP contribution in [0.25, 0.3) is 0 Å². The molecule has 1 unspecified atom stereocenters. The number of pyridine rings is 1. The van der Waals surface area contributed by atoms with Crippen molar-refractivity contribution in [2.75, 3.05) is 32.1 Å². The fourth-order valence-corrected chi connectivity index (χ4v) is 2.50. The summed E-state index contributed by atoms with van der Waals surface area (Å²) in [5.74, 6) is 0.923. The van der Waals surface area contributed by atoms with E-state index in [0.717, 1.165) is 31.9 Å². The smallest absolute Gasteiger partial charge is 0.125 e. The molecule has 4 heteroatoms. The first-order chi connectivity index (χ1) is 9.31. The van der Waals surface area contributed by atoms with Crippen molar-refractivity contribution in [3.8, 4) is 0 Å². The summed E-state index contributed by atoms with van der Waals surface area (Å²) in [6.07, 6.45) is 5.91. The van der Waals surface area contributed by atoms with Gasteiger partial charge in [-0.05, 0) is 37.4 Å². The van der Waals surface area contributed by atoms with Crippen molar-refractivity contribution in [2.45, 2.75) is 38.8 Å². The minimum Gasteiger partial charge on any atom is -0.377 e. The number of nitrogens with one attached hydrogen (secondary N) is 1. The molecule has 19 heavy (non-hydrogen) atoms. The first-order valence-electron chi connectivity index (χ1n) is 7.28. The van der Waals surface area contributed by atoms with Gasteiger partial charge in [0.1, 0.15) is 5.82 Å². The molecule has 1 aliphatic heterocycles. The molecule has 4 nitrogen and oxygen atoms in total. The van der Waals surface area contributed by atoms with Gasteiger partial charge in [0, 0.05) is 32.9 Å². The monoisotopic (exact) mass is 263 g/mol. The molecule has 1 saturated heterocycles. The van der Waals surface area contributed by atoms with Gasteiger partial charge in [-0.2, -0.15) is 0 Å². The zero-order chi connectivity index (χ0) is 13.5. The molecule has 1 aromatic heterocycles. The minimum atomic E-state index is 0.415. The second-order valence-corrected chi connectivity index (χ2v) is 5.17. The van der Waals surface area contributed by atoms with Gasteiger partial charge in [-0.1, -0.05) is 13.0 Å². The molecule has 106 valence electrons. The molecule has 1 aliphatic rings. The van der Waals surface area contributed by atoms with E-state index in [1.807, 2.05) is 19.3 Å². The largest absolute Gasteiger partial charge is 0.377 e. The normalized spacial score (nSPS) is 20.4. The Bertz CT molecular complexity index is 366. The van der Waals surface area contributed by atoms with Crippen LogP contribution in [0.5, 0.6) is 0 Å². The van der Waals surface area contributed by atoms with Crippen LogP contribution < -0.4 is 5.32 Å². The summed E-state index contributed by atoms with van der Waals surface area (Å²) in [4.78, 5) is 6.83. The number of rotatable bonds is 6. The zero-order valence-electron chi connectivity index (χ0n) is 12.1. The fraction of sp³-hybridized carbons (Fsp3) is 0.667. The third kappa shape index (κ3) is 4.48. The molecule has 1 N–H and O–H groups in total. The summed E-state index contributed by atoms with van der Waals surface area (Å²) in [6.45, 7) is 6.24. The highest BCUT2D eigenvalue weighted by atomic mass is 16.5. The Labute approximate surface area is 116 Å². The Balaban J connectivity index is 1.83. The fourth-order valence-electron chi connectivity index (χ4n) is 2.50. The summed E-state index contributed by atoms with van der Waals surface area (Å²) < 4.78 is 5.87. The highest BCUT2D eigenvalue weighted by Crippen LogP contribution is 2.16. The Kier molecular flexibility index (Phi) is 5.61. The van der Waals surface area contributed by atoms with E-state index in [-0.39, 0.29) is 0 Å². The minimum absolute atomic E-state index is 0.415. The van der Waals surface area contributed by atoms with Crippen molar-refractivity contribution >= 4 is 5.82 Å². The highest BCUT2D eigenvalue weighted by Gasteiger charge is 2.20. The number of aromatic nitrogens is 1. The summed E-state index contributed by atoms with van der Waals surface area (Å²) in [5.41, 5.74) is 1.27. The highest BCUT2D eigenvalue weighted by molar-refractivity contribution is 5.34. The summed E-state index contributed by atoms with van der Waals surface area (Å²) >= 11 is 0. The lowest BCUT2D eigenvalue weighted by molar-refractivity contribution is -0.00225. The van der Waals surface area contributed by atoms with Crippen molar-refractivity contribution in [3.05, 3.63) is 23.9 Å². The number of anilines is 1. The third-order valence-corrected chi connectivity index (χ3v) is 3.51. The molecule has 0 amide bonds. The first kappa shape index (κ1) is 14.3. The van der Waals surface area contributed by atoms with Gasteiger partial charge in [-0.3, -0.25) is 4.90 Å². The van der Waals surface area contributed by atoms with E-state index in [2.05, 4.69) is 28.2 Å². The molecule has 0 saturated carbocycles. The Morgan fingerprint density at radius 3 is 3.05 bits per heavy atom. The molecule has 2 heterocycles. The predicted molar refractivity (Wildman–Crippen MR) is 78.3 cm³/mol.